The van der Waals surface area contributed by atoms with Gasteiger partial charge in [-0.3, -0.25) is 0 Å². The van der Waals surface area contributed by atoms with E-state index < -0.39 is 24.4 Å². The Balaban J connectivity index is 2.34. The minimum atomic E-state index is -1.31. The van der Waals surface area contributed by atoms with E-state index in [1.165, 1.54) is 25.7 Å². The van der Waals surface area contributed by atoms with Crippen molar-refractivity contribution in [2.75, 3.05) is 6.61 Å². The molecular formula is C15H28O5. The van der Waals surface area contributed by atoms with E-state index in [9.17, 15) is 15.3 Å². The molecule has 20 heavy (non-hydrogen) atoms. The Labute approximate surface area is 120 Å². The van der Waals surface area contributed by atoms with Crippen LogP contribution in [0.25, 0.3) is 0 Å². The average molecular weight is 288 g/mol. The van der Waals surface area contributed by atoms with Crippen molar-refractivity contribution in [1.29, 1.82) is 0 Å². The van der Waals surface area contributed by atoms with Crippen LogP contribution in [0.5, 0.6) is 0 Å². The molecule has 0 aromatic carbocycles. The third-order valence-electron chi connectivity index (χ3n) is 3.72. The van der Waals surface area contributed by atoms with Crippen LogP contribution in [-0.2, 0) is 4.74 Å². The van der Waals surface area contributed by atoms with E-state index in [0.29, 0.717) is 0 Å². The van der Waals surface area contributed by atoms with Gasteiger partial charge < -0.3 is 25.2 Å². The Morgan fingerprint density at radius 2 is 1.65 bits per heavy atom. The number of hydrogen-bond donors (Lipinski definition) is 4. The summed E-state index contributed by atoms with van der Waals surface area (Å²) in [5, 5.41) is 38.2. The second kappa shape index (κ2) is 9.34. The minimum Gasteiger partial charge on any atom is -0.487 e. The predicted octanol–water partition coefficient (Wildman–Crippen LogP) is 1.09. The highest BCUT2D eigenvalue weighted by molar-refractivity contribution is 5.09. The van der Waals surface area contributed by atoms with Crippen LogP contribution in [0.15, 0.2) is 11.8 Å². The molecule has 0 unspecified atom stereocenters. The summed E-state index contributed by atoms with van der Waals surface area (Å²) in [7, 11) is 0. The van der Waals surface area contributed by atoms with Gasteiger partial charge >= 0.3 is 0 Å². The third kappa shape index (κ3) is 5.05. The van der Waals surface area contributed by atoms with Crippen molar-refractivity contribution in [2.45, 2.75) is 76.3 Å². The molecule has 1 heterocycles. The Bertz CT molecular complexity index is 290. The van der Waals surface area contributed by atoms with Crippen LogP contribution in [0, 0.1) is 0 Å². The second-order valence-corrected chi connectivity index (χ2v) is 5.43. The number of aliphatic hydroxyl groups excluding tert-OH is 4. The first-order valence-electron chi connectivity index (χ1n) is 7.63. The number of aliphatic hydroxyl groups is 4. The van der Waals surface area contributed by atoms with Gasteiger partial charge in [0.1, 0.15) is 30.2 Å². The second-order valence-electron chi connectivity index (χ2n) is 5.43. The Morgan fingerprint density at radius 3 is 2.30 bits per heavy atom. The first kappa shape index (κ1) is 17.4. The van der Waals surface area contributed by atoms with Crippen molar-refractivity contribution in [3.05, 3.63) is 11.8 Å². The van der Waals surface area contributed by atoms with Gasteiger partial charge in [0, 0.05) is 0 Å². The van der Waals surface area contributed by atoms with Crippen molar-refractivity contribution in [2.24, 2.45) is 0 Å². The van der Waals surface area contributed by atoms with Gasteiger partial charge in [0.2, 0.25) is 0 Å². The largest absolute Gasteiger partial charge is 0.487 e. The van der Waals surface area contributed by atoms with E-state index in [-0.39, 0.29) is 12.4 Å². The van der Waals surface area contributed by atoms with Crippen molar-refractivity contribution < 1.29 is 25.2 Å². The van der Waals surface area contributed by atoms with Crippen LogP contribution < -0.4 is 0 Å². The van der Waals surface area contributed by atoms with Gasteiger partial charge in [0.05, 0.1) is 6.61 Å². The van der Waals surface area contributed by atoms with Crippen molar-refractivity contribution >= 4 is 0 Å². The van der Waals surface area contributed by atoms with E-state index in [0.717, 1.165) is 19.3 Å². The molecule has 1 fully saturated rings. The summed E-state index contributed by atoms with van der Waals surface area (Å²) >= 11 is 0. The molecule has 0 aliphatic carbocycles. The molecule has 1 rings (SSSR count). The van der Waals surface area contributed by atoms with Gasteiger partial charge in [-0.05, 0) is 18.9 Å². The zero-order chi connectivity index (χ0) is 15.0. The summed E-state index contributed by atoms with van der Waals surface area (Å²) in [5.41, 5.74) is 0. The van der Waals surface area contributed by atoms with Gasteiger partial charge in [-0.25, -0.2) is 0 Å². The summed E-state index contributed by atoms with van der Waals surface area (Å²) in [5.74, 6) is 0.260. The lowest BCUT2D eigenvalue weighted by molar-refractivity contribution is -0.165. The van der Waals surface area contributed by atoms with Crippen molar-refractivity contribution in [1.82, 2.24) is 0 Å². The molecule has 0 aromatic heterocycles. The topological polar surface area (TPSA) is 90.2 Å². The predicted molar refractivity (Wildman–Crippen MR) is 76.1 cm³/mol. The van der Waals surface area contributed by atoms with Gasteiger partial charge in [-0.2, -0.15) is 0 Å². The fourth-order valence-electron chi connectivity index (χ4n) is 2.37. The van der Waals surface area contributed by atoms with E-state index in [1.807, 2.05) is 0 Å². The number of rotatable bonds is 8. The van der Waals surface area contributed by atoms with E-state index in [2.05, 4.69) is 6.92 Å². The summed E-state index contributed by atoms with van der Waals surface area (Å²) in [6.45, 7) is 1.79. The zero-order valence-corrected chi connectivity index (χ0v) is 12.2. The SMILES string of the molecule is CCCCCCCC/C=C1\O[C@H](CO)[C@@H](O)[C@H](O)[C@H]1O. The molecule has 0 bridgehead atoms. The molecule has 0 aromatic rings. The molecule has 0 amide bonds. The fourth-order valence-corrected chi connectivity index (χ4v) is 2.37. The van der Waals surface area contributed by atoms with E-state index in [1.54, 1.807) is 6.08 Å². The van der Waals surface area contributed by atoms with Crippen LogP contribution >= 0.6 is 0 Å². The average Bonchev–Trinajstić information content (AvgIpc) is 2.46. The van der Waals surface area contributed by atoms with Gasteiger partial charge in [0.25, 0.3) is 0 Å². The fraction of sp³-hybridized carbons (Fsp3) is 0.867. The summed E-state index contributed by atoms with van der Waals surface area (Å²) in [4.78, 5) is 0. The lowest BCUT2D eigenvalue weighted by atomic mass is 9.97. The van der Waals surface area contributed by atoms with Gasteiger partial charge in [-0.1, -0.05) is 39.0 Å². The smallest absolute Gasteiger partial charge is 0.150 e. The number of allylic oxidation sites excluding steroid dienone is 1. The monoisotopic (exact) mass is 288 g/mol. The van der Waals surface area contributed by atoms with Crippen LogP contribution in [0.2, 0.25) is 0 Å². The lowest BCUT2D eigenvalue weighted by Crippen LogP contribution is -2.53. The van der Waals surface area contributed by atoms with Crippen LogP contribution in [-0.4, -0.2) is 51.4 Å². The zero-order valence-electron chi connectivity index (χ0n) is 12.2. The summed E-state index contributed by atoms with van der Waals surface area (Å²) in [6.07, 6.45) is 4.96. The maximum Gasteiger partial charge on any atom is 0.150 e. The Kier molecular flexibility index (Phi) is 8.14. The number of unbranched alkanes of at least 4 members (excludes halogenated alkanes) is 6. The molecule has 0 spiro atoms. The lowest BCUT2D eigenvalue weighted by Gasteiger charge is -2.36. The molecule has 1 aliphatic rings. The van der Waals surface area contributed by atoms with Crippen LogP contribution in [0.3, 0.4) is 0 Å². The summed E-state index contributed by atoms with van der Waals surface area (Å²) < 4.78 is 5.33. The molecule has 1 aliphatic heterocycles. The van der Waals surface area contributed by atoms with Gasteiger partial charge in [-0.15, -0.1) is 0 Å². The van der Waals surface area contributed by atoms with E-state index >= 15 is 0 Å². The molecule has 5 heteroatoms. The highest BCUT2D eigenvalue weighted by Gasteiger charge is 2.40. The molecule has 118 valence electrons. The minimum absolute atomic E-state index is 0.260. The molecule has 1 saturated heterocycles. The molecule has 0 saturated carbocycles. The number of hydrogen-bond acceptors (Lipinski definition) is 5. The maximum atomic E-state index is 9.81. The Morgan fingerprint density at radius 1 is 1.00 bits per heavy atom. The molecule has 4 N–H and O–H groups in total. The highest BCUT2D eigenvalue weighted by atomic mass is 16.5. The van der Waals surface area contributed by atoms with Crippen LogP contribution in [0.4, 0.5) is 0 Å². The first-order valence-corrected chi connectivity index (χ1v) is 7.63. The summed E-state index contributed by atoms with van der Waals surface area (Å²) in [6, 6.07) is 0. The molecule has 5 nitrogen and oxygen atoms in total. The highest BCUT2D eigenvalue weighted by Crippen LogP contribution is 2.24. The quantitative estimate of drug-likeness (QED) is 0.502. The molecule has 0 radical (unpaired) electrons. The van der Waals surface area contributed by atoms with E-state index in [4.69, 9.17) is 9.84 Å². The molecule has 4 atom stereocenters. The van der Waals surface area contributed by atoms with Gasteiger partial charge in [0.15, 0.2) is 0 Å². The standard InChI is InChI=1S/C15H28O5/c1-2-3-4-5-6-7-8-9-11-13(17)15(19)14(18)12(10-16)20-11/h9,12-19H,2-8,10H2,1H3/b11-9-/t12-,13+,14-,15-/m1/s1. The van der Waals surface area contributed by atoms with Crippen molar-refractivity contribution in [3.63, 3.8) is 0 Å². The molecular weight excluding hydrogens is 260 g/mol. The van der Waals surface area contributed by atoms with Crippen molar-refractivity contribution in [3.8, 4) is 0 Å². The normalized spacial score (nSPS) is 32.4. The maximum absolute atomic E-state index is 9.81. The Hall–Kier alpha value is -0.620. The third-order valence-corrected chi connectivity index (χ3v) is 3.72. The number of ether oxygens (including phenoxy) is 1. The van der Waals surface area contributed by atoms with Crippen LogP contribution in [0.1, 0.15) is 51.9 Å². The first-order chi connectivity index (χ1) is 9.61.